The summed E-state index contributed by atoms with van der Waals surface area (Å²) in [6.45, 7) is 14.7. The minimum atomic E-state index is -0.786. The molecule has 2 heterocycles. The third-order valence-electron chi connectivity index (χ3n) is 6.67. The van der Waals surface area contributed by atoms with Crippen molar-refractivity contribution in [3.63, 3.8) is 0 Å². The molecule has 1 saturated carbocycles. The van der Waals surface area contributed by atoms with Crippen LogP contribution in [0.1, 0.15) is 73.1 Å². The Morgan fingerprint density at radius 3 is 2.17 bits per heavy atom. The summed E-state index contributed by atoms with van der Waals surface area (Å²) in [5.41, 5.74) is 1.46. The zero-order valence-corrected chi connectivity index (χ0v) is 20.4. The highest BCUT2D eigenvalue weighted by molar-refractivity contribution is 5.65. The largest absolute Gasteiger partial charge is 0.465 e. The molecule has 1 amide bonds. The minimum Gasteiger partial charge on any atom is -0.465 e. The van der Waals surface area contributed by atoms with Gasteiger partial charge in [0.1, 0.15) is 0 Å². The van der Waals surface area contributed by atoms with E-state index in [0.29, 0.717) is 18.1 Å². The predicted molar refractivity (Wildman–Crippen MR) is 123 cm³/mol. The van der Waals surface area contributed by atoms with Crippen molar-refractivity contribution in [2.24, 2.45) is 5.92 Å². The molecular weight excluding hydrogens is 380 g/mol. The van der Waals surface area contributed by atoms with E-state index in [-0.39, 0.29) is 5.60 Å². The number of carboxylic acid groups (broad SMARTS) is 1. The molecule has 0 aromatic heterocycles. The Balaban J connectivity index is 0.000000285. The summed E-state index contributed by atoms with van der Waals surface area (Å²) in [7, 11) is 3.96. The van der Waals surface area contributed by atoms with Gasteiger partial charge in [0, 0.05) is 26.1 Å². The first-order valence-electron chi connectivity index (χ1n) is 11.7. The molecule has 4 unspecified atom stereocenters. The molecule has 6 nitrogen and oxygen atoms in total. The number of rotatable bonds is 6. The molecule has 3 aliphatic rings. The number of hydrogen-bond acceptors (Lipinski definition) is 4. The van der Waals surface area contributed by atoms with E-state index in [1.165, 1.54) is 36.2 Å². The lowest BCUT2D eigenvalue weighted by molar-refractivity contribution is -0.00777. The zero-order valence-electron chi connectivity index (χ0n) is 20.4. The van der Waals surface area contributed by atoms with Crippen molar-refractivity contribution in [3.05, 3.63) is 11.6 Å². The van der Waals surface area contributed by atoms with Crippen molar-refractivity contribution >= 4 is 6.09 Å². The van der Waals surface area contributed by atoms with Crippen molar-refractivity contribution in [1.29, 1.82) is 0 Å². The SMILES string of the molecule is CCN(C)CC.COC1CCCCC1C1(C)OC1CC=C(C)C.O=C(O)N1CCC1. The summed E-state index contributed by atoms with van der Waals surface area (Å²) in [6, 6.07) is 0. The molecular formula is C24H46N2O4. The average molecular weight is 427 g/mol. The lowest BCUT2D eigenvalue weighted by atomic mass is 9.76. The second-order valence-electron chi connectivity index (χ2n) is 9.08. The monoisotopic (exact) mass is 426 g/mol. The van der Waals surface area contributed by atoms with Gasteiger partial charge in [-0.15, -0.1) is 0 Å². The number of allylic oxidation sites excluding steroid dienone is 1. The van der Waals surface area contributed by atoms with Gasteiger partial charge >= 0.3 is 6.09 Å². The third kappa shape index (κ3) is 8.56. The van der Waals surface area contributed by atoms with Crippen molar-refractivity contribution in [2.45, 2.75) is 91.0 Å². The van der Waals surface area contributed by atoms with E-state index < -0.39 is 6.09 Å². The van der Waals surface area contributed by atoms with Gasteiger partial charge in [-0.1, -0.05) is 38.3 Å². The van der Waals surface area contributed by atoms with E-state index in [9.17, 15) is 4.79 Å². The van der Waals surface area contributed by atoms with Crippen LogP contribution in [0, 0.1) is 5.92 Å². The van der Waals surface area contributed by atoms with Crippen LogP contribution in [0.2, 0.25) is 0 Å². The summed E-state index contributed by atoms with van der Waals surface area (Å²) in [5.74, 6) is 0.594. The van der Waals surface area contributed by atoms with Crippen LogP contribution in [0.15, 0.2) is 11.6 Å². The standard InChI is InChI=1S/C15H26O2.C5H13N.C4H7NO2/c1-11(2)9-10-14-15(3,17-14)12-7-5-6-8-13(12)16-4;1-4-6(3)5-2;6-4(7)5-2-1-3-5/h9,12-14H,5-8,10H2,1-4H3;4-5H2,1-3H3;1-3H2,(H,6,7). The maximum absolute atomic E-state index is 9.91. The summed E-state index contributed by atoms with van der Waals surface area (Å²) >= 11 is 0. The summed E-state index contributed by atoms with van der Waals surface area (Å²) in [4.78, 5) is 13.5. The molecule has 0 aromatic carbocycles. The maximum atomic E-state index is 9.91. The normalized spacial score (nSPS) is 29.6. The number of methoxy groups -OCH3 is 1. The predicted octanol–water partition coefficient (Wildman–Crippen LogP) is 5.03. The van der Waals surface area contributed by atoms with Gasteiger partial charge in [0.2, 0.25) is 0 Å². The molecule has 30 heavy (non-hydrogen) atoms. The van der Waals surface area contributed by atoms with Crippen LogP contribution < -0.4 is 0 Å². The van der Waals surface area contributed by atoms with E-state index in [1.807, 2.05) is 7.11 Å². The lowest BCUT2D eigenvalue weighted by Crippen LogP contribution is -2.40. The van der Waals surface area contributed by atoms with Crippen LogP contribution in [0.4, 0.5) is 4.79 Å². The number of epoxide rings is 1. The van der Waals surface area contributed by atoms with Crippen molar-refractivity contribution in [3.8, 4) is 0 Å². The second kappa shape index (κ2) is 13.3. The van der Waals surface area contributed by atoms with Crippen LogP contribution in [0.5, 0.6) is 0 Å². The molecule has 3 fully saturated rings. The van der Waals surface area contributed by atoms with Gasteiger partial charge in [-0.2, -0.15) is 0 Å². The van der Waals surface area contributed by atoms with Crippen molar-refractivity contribution in [2.75, 3.05) is 40.3 Å². The first-order chi connectivity index (χ1) is 14.2. The molecule has 3 rings (SSSR count). The molecule has 2 saturated heterocycles. The highest BCUT2D eigenvalue weighted by atomic mass is 16.6. The Kier molecular flexibility index (Phi) is 12.0. The summed E-state index contributed by atoms with van der Waals surface area (Å²) < 4.78 is 11.7. The van der Waals surface area contributed by atoms with E-state index in [4.69, 9.17) is 14.6 Å². The average Bonchev–Trinajstić information content (AvgIpc) is 3.36. The fourth-order valence-electron chi connectivity index (χ4n) is 3.99. The highest BCUT2D eigenvalue weighted by Gasteiger charge is 2.58. The molecule has 6 heteroatoms. The van der Waals surface area contributed by atoms with E-state index in [2.05, 4.69) is 52.6 Å². The van der Waals surface area contributed by atoms with Crippen LogP contribution in [0.25, 0.3) is 0 Å². The van der Waals surface area contributed by atoms with Crippen LogP contribution in [0.3, 0.4) is 0 Å². The number of ether oxygens (including phenoxy) is 2. The Morgan fingerprint density at radius 2 is 1.80 bits per heavy atom. The summed E-state index contributed by atoms with van der Waals surface area (Å²) in [5, 5.41) is 8.16. The molecule has 1 aliphatic carbocycles. The van der Waals surface area contributed by atoms with Crippen LogP contribution in [-0.2, 0) is 9.47 Å². The van der Waals surface area contributed by atoms with Gasteiger partial charge in [-0.25, -0.2) is 4.79 Å². The molecule has 176 valence electrons. The van der Waals surface area contributed by atoms with Crippen molar-refractivity contribution < 1.29 is 19.4 Å². The summed E-state index contributed by atoms with van der Waals surface area (Å²) in [6.07, 6.45) is 9.53. The number of carbonyl (C=O) groups is 1. The zero-order chi connectivity index (χ0) is 22.7. The lowest BCUT2D eigenvalue weighted by Gasteiger charge is -2.33. The topological polar surface area (TPSA) is 65.5 Å². The Labute approximate surface area is 184 Å². The van der Waals surface area contributed by atoms with E-state index in [1.54, 1.807) is 0 Å². The first kappa shape index (κ1) is 26.9. The first-order valence-corrected chi connectivity index (χ1v) is 11.7. The van der Waals surface area contributed by atoms with Gasteiger partial charge in [-0.05, 0) is 66.6 Å². The quantitative estimate of drug-likeness (QED) is 0.476. The maximum Gasteiger partial charge on any atom is 0.407 e. The molecule has 2 aliphatic heterocycles. The van der Waals surface area contributed by atoms with E-state index in [0.717, 1.165) is 39.0 Å². The Bertz CT molecular complexity index is 527. The van der Waals surface area contributed by atoms with Gasteiger partial charge in [0.15, 0.2) is 0 Å². The van der Waals surface area contributed by atoms with Gasteiger partial charge in [0.05, 0.1) is 17.8 Å². The molecule has 4 atom stereocenters. The van der Waals surface area contributed by atoms with Gasteiger partial charge in [0.25, 0.3) is 0 Å². The van der Waals surface area contributed by atoms with Crippen LogP contribution >= 0.6 is 0 Å². The van der Waals surface area contributed by atoms with Crippen molar-refractivity contribution in [1.82, 2.24) is 9.80 Å². The van der Waals surface area contributed by atoms with Gasteiger partial charge < -0.3 is 24.4 Å². The molecule has 1 N–H and O–H groups in total. The fraction of sp³-hybridized carbons (Fsp3) is 0.875. The number of amides is 1. The molecule has 0 aromatic rings. The molecule has 0 radical (unpaired) electrons. The minimum absolute atomic E-state index is 0.0764. The third-order valence-corrected chi connectivity index (χ3v) is 6.67. The van der Waals surface area contributed by atoms with E-state index >= 15 is 0 Å². The number of hydrogen-bond donors (Lipinski definition) is 1. The molecule has 0 bridgehead atoms. The number of nitrogens with zero attached hydrogens (tertiary/aromatic N) is 2. The van der Waals surface area contributed by atoms with Crippen LogP contribution in [-0.4, -0.2) is 79.1 Å². The second-order valence-corrected chi connectivity index (χ2v) is 9.08. The molecule has 0 spiro atoms. The number of likely N-dealkylation sites (tertiary alicyclic amines) is 1. The fourth-order valence-corrected chi connectivity index (χ4v) is 3.99. The highest BCUT2D eigenvalue weighted by Crippen LogP contribution is 2.50. The smallest absolute Gasteiger partial charge is 0.407 e. The Hall–Kier alpha value is -1.11. The van der Waals surface area contributed by atoms with Gasteiger partial charge in [-0.3, -0.25) is 0 Å². The Morgan fingerprint density at radius 1 is 1.20 bits per heavy atom.